The smallest absolute Gasteiger partial charge is 0.271 e. The predicted molar refractivity (Wildman–Crippen MR) is 77.7 cm³/mol. The number of nitrogens with zero attached hydrogens (tertiary/aromatic N) is 5. The van der Waals surface area contributed by atoms with Crippen LogP contribution < -0.4 is 0 Å². The molecule has 3 rings (SSSR count). The molecule has 1 aliphatic rings. The molecule has 21 heavy (non-hydrogen) atoms. The topological polar surface area (TPSA) is 70.1 Å². The van der Waals surface area contributed by atoms with Gasteiger partial charge in [0.1, 0.15) is 11.5 Å². The van der Waals surface area contributed by atoms with Gasteiger partial charge in [-0.3, -0.25) is 14.8 Å². The lowest BCUT2D eigenvalue weighted by atomic mass is 10.1. The Labute approximate surface area is 123 Å². The number of rotatable bonds is 3. The molecule has 3 heterocycles. The van der Waals surface area contributed by atoms with Gasteiger partial charge in [0.25, 0.3) is 5.91 Å². The number of amides is 1. The number of carbonyl (C=O) groups excluding carboxylic acids is 1. The first-order valence-corrected chi connectivity index (χ1v) is 7.20. The molecule has 1 fully saturated rings. The second kappa shape index (κ2) is 5.69. The van der Waals surface area contributed by atoms with Crippen LogP contribution in [0.3, 0.4) is 0 Å². The largest absolute Gasteiger partial charge is 0.337 e. The van der Waals surface area contributed by atoms with Crippen molar-refractivity contribution in [1.29, 1.82) is 0 Å². The number of carbonyl (C=O) groups is 1. The number of hydrogen-bond acceptors (Lipinski definition) is 4. The summed E-state index contributed by atoms with van der Waals surface area (Å²) in [6.07, 6.45) is 5.35. The Kier molecular flexibility index (Phi) is 3.74. The number of likely N-dealkylation sites (N-methyl/N-ethyl adjacent to an activating group) is 1. The minimum atomic E-state index is 0.00228. The Hall–Kier alpha value is -2.15. The maximum Gasteiger partial charge on any atom is 0.271 e. The second-order valence-corrected chi connectivity index (χ2v) is 5.26. The van der Waals surface area contributed by atoms with Gasteiger partial charge in [0.05, 0.1) is 6.04 Å². The highest BCUT2D eigenvalue weighted by atomic mass is 16.2. The van der Waals surface area contributed by atoms with E-state index in [0.717, 1.165) is 25.5 Å². The fourth-order valence-corrected chi connectivity index (χ4v) is 2.87. The highest BCUT2D eigenvalue weighted by Gasteiger charge is 2.32. The summed E-state index contributed by atoms with van der Waals surface area (Å²) in [6.45, 7) is 5.32. The van der Waals surface area contributed by atoms with Gasteiger partial charge in [0.15, 0.2) is 0 Å². The predicted octanol–water partition coefficient (Wildman–Crippen LogP) is 0.662. The first-order valence-electron chi connectivity index (χ1n) is 7.20. The minimum absolute atomic E-state index is 0.00228. The van der Waals surface area contributed by atoms with Crippen molar-refractivity contribution in [3.05, 3.63) is 36.2 Å². The van der Waals surface area contributed by atoms with Crippen molar-refractivity contribution >= 4 is 5.91 Å². The molecule has 7 heteroatoms. The van der Waals surface area contributed by atoms with Gasteiger partial charge < -0.3 is 9.47 Å². The van der Waals surface area contributed by atoms with E-state index in [4.69, 9.17) is 0 Å². The van der Waals surface area contributed by atoms with E-state index in [0.29, 0.717) is 12.2 Å². The average Bonchev–Trinajstić information content (AvgIpc) is 3.17. The van der Waals surface area contributed by atoms with Crippen molar-refractivity contribution in [3.8, 4) is 0 Å². The van der Waals surface area contributed by atoms with E-state index in [-0.39, 0.29) is 11.9 Å². The lowest BCUT2D eigenvalue weighted by Gasteiger charge is -2.40. The molecule has 1 N–H and O–H groups in total. The van der Waals surface area contributed by atoms with Crippen molar-refractivity contribution in [3.63, 3.8) is 0 Å². The van der Waals surface area contributed by atoms with Crippen LogP contribution in [0.2, 0.25) is 0 Å². The van der Waals surface area contributed by atoms with Crippen LogP contribution in [0.15, 0.2) is 24.7 Å². The van der Waals surface area contributed by atoms with E-state index >= 15 is 0 Å². The van der Waals surface area contributed by atoms with Crippen LogP contribution in [-0.4, -0.2) is 61.6 Å². The molecule has 0 aromatic carbocycles. The molecule has 112 valence electrons. The molecule has 0 radical (unpaired) electrons. The van der Waals surface area contributed by atoms with E-state index in [9.17, 15) is 4.79 Å². The number of piperazine rings is 1. The molecular weight excluding hydrogens is 268 g/mol. The van der Waals surface area contributed by atoms with Gasteiger partial charge in [0, 0.05) is 45.3 Å². The Morgan fingerprint density at radius 3 is 2.90 bits per heavy atom. The van der Waals surface area contributed by atoms with Crippen LogP contribution in [0.1, 0.15) is 29.3 Å². The molecule has 1 amide bonds. The first kappa shape index (κ1) is 13.8. The van der Waals surface area contributed by atoms with Crippen molar-refractivity contribution in [2.75, 3.05) is 26.2 Å². The maximum absolute atomic E-state index is 12.5. The number of imidazole rings is 1. The molecule has 1 saturated heterocycles. The highest BCUT2D eigenvalue weighted by Crippen LogP contribution is 2.24. The van der Waals surface area contributed by atoms with Crippen LogP contribution in [0.4, 0.5) is 0 Å². The summed E-state index contributed by atoms with van der Waals surface area (Å²) in [4.78, 5) is 21.2. The van der Waals surface area contributed by atoms with Crippen LogP contribution >= 0.6 is 0 Å². The third-order valence-corrected chi connectivity index (χ3v) is 4.07. The summed E-state index contributed by atoms with van der Waals surface area (Å²) in [5.41, 5.74) is 0.540. The summed E-state index contributed by atoms with van der Waals surface area (Å²) in [5, 5.41) is 6.60. The summed E-state index contributed by atoms with van der Waals surface area (Å²) in [7, 11) is 1.99. The van der Waals surface area contributed by atoms with Gasteiger partial charge in [-0.15, -0.1) is 0 Å². The average molecular weight is 288 g/mol. The molecule has 0 saturated carbocycles. The number of hydrogen-bond donors (Lipinski definition) is 1. The zero-order chi connectivity index (χ0) is 14.8. The van der Waals surface area contributed by atoms with Crippen LogP contribution in [0.25, 0.3) is 0 Å². The third kappa shape index (κ3) is 2.56. The van der Waals surface area contributed by atoms with E-state index in [1.54, 1.807) is 18.5 Å². The molecule has 0 unspecified atom stereocenters. The fraction of sp³-hybridized carbons (Fsp3) is 0.500. The highest BCUT2D eigenvalue weighted by molar-refractivity contribution is 5.92. The molecular formula is C14H20N6O. The molecule has 2 aromatic rings. The van der Waals surface area contributed by atoms with Gasteiger partial charge in [-0.2, -0.15) is 5.10 Å². The van der Waals surface area contributed by atoms with Crippen molar-refractivity contribution in [1.82, 2.24) is 29.5 Å². The Bertz CT molecular complexity index is 605. The monoisotopic (exact) mass is 288 g/mol. The summed E-state index contributed by atoms with van der Waals surface area (Å²) in [5.74, 6) is 1.00. The Balaban J connectivity index is 1.81. The molecule has 1 aliphatic heterocycles. The van der Waals surface area contributed by atoms with Crippen LogP contribution in [-0.2, 0) is 7.05 Å². The van der Waals surface area contributed by atoms with E-state index in [1.165, 1.54) is 0 Å². The SMILES string of the molecule is CCN1CCN(C(=O)c2ccn[nH]2)C[C@H]1c1nccn1C. The number of nitrogens with one attached hydrogen (secondary N) is 1. The number of aromatic amines is 1. The molecule has 0 aliphatic carbocycles. The molecule has 0 bridgehead atoms. The maximum atomic E-state index is 12.5. The van der Waals surface area contributed by atoms with Crippen LogP contribution in [0, 0.1) is 0 Å². The summed E-state index contributed by atoms with van der Waals surface area (Å²) in [6, 6.07) is 1.85. The number of H-pyrrole nitrogens is 1. The van der Waals surface area contributed by atoms with Gasteiger partial charge in [-0.05, 0) is 12.6 Å². The van der Waals surface area contributed by atoms with Crippen molar-refractivity contribution < 1.29 is 4.79 Å². The lowest BCUT2D eigenvalue weighted by Crippen LogP contribution is -2.51. The van der Waals surface area contributed by atoms with Gasteiger partial charge in [0.2, 0.25) is 0 Å². The number of aryl methyl sites for hydroxylation is 1. The molecule has 1 atom stereocenters. The Morgan fingerprint density at radius 2 is 2.29 bits per heavy atom. The van der Waals surface area contributed by atoms with Gasteiger partial charge in [-0.1, -0.05) is 6.92 Å². The molecule has 0 spiro atoms. The van der Waals surface area contributed by atoms with E-state index in [2.05, 4.69) is 27.0 Å². The number of aromatic nitrogens is 4. The minimum Gasteiger partial charge on any atom is -0.337 e. The zero-order valence-corrected chi connectivity index (χ0v) is 12.4. The summed E-state index contributed by atoms with van der Waals surface area (Å²) >= 11 is 0. The van der Waals surface area contributed by atoms with Crippen molar-refractivity contribution in [2.45, 2.75) is 13.0 Å². The second-order valence-electron chi connectivity index (χ2n) is 5.26. The zero-order valence-electron chi connectivity index (χ0n) is 12.4. The van der Waals surface area contributed by atoms with E-state index in [1.807, 2.05) is 22.7 Å². The normalized spacial score (nSPS) is 19.9. The standard InChI is InChI=1S/C14H20N6O/c1-3-19-8-9-20(14(21)11-4-5-16-17-11)10-12(19)13-15-6-7-18(13)2/h4-7,12H,3,8-10H2,1-2H3,(H,16,17)/t12-/m0/s1. The van der Waals surface area contributed by atoms with E-state index < -0.39 is 0 Å². The van der Waals surface area contributed by atoms with Gasteiger partial charge >= 0.3 is 0 Å². The molecule has 2 aromatic heterocycles. The lowest BCUT2D eigenvalue weighted by molar-refractivity contribution is 0.0468. The van der Waals surface area contributed by atoms with Crippen molar-refractivity contribution in [2.24, 2.45) is 7.05 Å². The summed E-state index contributed by atoms with van der Waals surface area (Å²) < 4.78 is 2.03. The van der Waals surface area contributed by atoms with Crippen LogP contribution in [0.5, 0.6) is 0 Å². The first-order chi connectivity index (χ1) is 10.2. The fourth-order valence-electron chi connectivity index (χ4n) is 2.87. The van der Waals surface area contributed by atoms with Gasteiger partial charge in [-0.25, -0.2) is 4.98 Å². The quantitative estimate of drug-likeness (QED) is 0.901. The third-order valence-electron chi connectivity index (χ3n) is 4.07. The Morgan fingerprint density at radius 1 is 1.43 bits per heavy atom. The molecule has 7 nitrogen and oxygen atoms in total.